The molecule has 0 spiro atoms. The molecule has 1 aromatic carbocycles. The van der Waals surface area contributed by atoms with E-state index >= 15 is 0 Å². The number of ether oxygens (including phenoxy) is 1. The van der Waals surface area contributed by atoms with Crippen LogP contribution in [0.1, 0.15) is 11.6 Å². The lowest BCUT2D eigenvalue weighted by molar-refractivity contribution is -0.0514. The molecule has 2 rings (SSSR count). The van der Waals surface area contributed by atoms with Crippen LogP contribution < -0.4 is 10.1 Å². The first-order chi connectivity index (χ1) is 9.22. The van der Waals surface area contributed by atoms with E-state index in [2.05, 4.69) is 10.1 Å². The summed E-state index contributed by atoms with van der Waals surface area (Å²) in [6.45, 7) is -0.592. The van der Waals surface area contributed by atoms with Crippen molar-refractivity contribution in [2.75, 3.05) is 32.9 Å². The predicted octanol–water partition coefficient (Wildman–Crippen LogP) is 2.20. The molecule has 0 bridgehead atoms. The van der Waals surface area contributed by atoms with Crippen LogP contribution in [0.3, 0.4) is 0 Å². The normalized spacial score (nSPS) is 18.5. The van der Waals surface area contributed by atoms with E-state index in [-0.39, 0.29) is 5.75 Å². The standard InChI is InChI=1S/C13H17F3N2O/c14-9-11(18-7-5-17-6-8-18)10-3-1-2-4-12(10)19-13(15)16/h1-4,11,13,17H,5-9H2/t11-/m0/s1. The summed E-state index contributed by atoms with van der Waals surface area (Å²) in [4.78, 5) is 1.95. The van der Waals surface area contributed by atoms with E-state index in [1.807, 2.05) is 4.90 Å². The number of nitrogens with one attached hydrogen (secondary N) is 1. The van der Waals surface area contributed by atoms with Gasteiger partial charge in [-0.05, 0) is 6.07 Å². The summed E-state index contributed by atoms with van der Waals surface area (Å²) in [7, 11) is 0. The van der Waals surface area contributed by atoms with Crippen molar-refractivity contribution in [3.63, 3.8) is 0 Å². The Morgan fingerprint density at radius 3 is 2.53 bits per heavy atom. The minimum Gasteiger partial charge on any atom is -0.434 e. The minimum atomic E-state index is -2.90. The Kier molecular flexibility index (Phi) is 5.04. The van der Waals surface area contributed by atoms with Gasteiger partial charge in [0, 0.05) is 31.7 Å². The zero-order valence-corrected chi connectivity index (χ0v) is 10.5. The second-order valence-corrected chi connectivity index (χ2v) is 4.37. The number of rotatable bonds is 5. The molecule has 19 heavy (non-hydrogen) atoms. The number of alkyl halides is 3. The van der Waals surface area contributed by atoms with Crippen LogP contribution in [0, 0.1) is 0 Å². The van der Waals surface area contributed by atoms with Crippen LogP contribution in [0.25, 0.3) is 0 Å². The van der Waals surface area contributed by atoms with E-state index in [0.29, 0.717) is 18.7 Å². The zero-order chi connectivity index (χ0) is 13.7. The van der Waals surface area contributed by atoms with Gasteiger partial charge in [-0.2, -0.15) is 8.78 Å². The fourth-order valence-corrected chi connectivity index (χ4v) is 2.33. The Morgan fingerprint density at radius 1 is 1.21 bits per heavy atom. The molecule has 1 N–H and O–H groups in total. The van der Waals surface area contributed by atoms with Crippen LogP contribution in [0.4, 0.5) is 13.2 Å². The Morgan fingerprint density at radius 2 is 1.89 bits per heavy atom. The molecule has 0 radical (unpaired) electrons. The SMILES string of the molecule is FC[C@@H](c1ccccc1OC(F)F)N1CCNCC1. The first-order valence-electron chi connectivity index (χ1n) is 6.27. The molecule has 0 saturated carbocycles. The van der Waals surface area contributed by atoms with E-state index in [4.69, 9.17) is 0 Å². The van der Waals surface area contributed by atoms with Crippen molar-refractivity contribution in [3.8, 4) is 5.75 Å². The van der Waals surface area contributed by atoms with Gasteiger partial charge in [0.1, 0.15) is 12.4 Å². The highest BCUT2D eigenvalue weighted by Gasteiger charge is 2.25. The van der Waals surface area contributed by atoms with Crippen molar-refractivity contribution in [2.24, 2.45) is 0 Å². The highest BCUT2D eigenvalue weighted by atomic mass is 19.3. The lowest BCUT2D eigenvalue weighted by Crippen LogP contribution is -2.45. The number of para-hydroxylation sites is 1. The molecule has 0 aliphatic carbocycles. The second-order valence-electron chi connectivity index (χ2n) is 4.37. The lowest BCUT2D eigenvalue weighted by Gasteiger charge is -2.34. The largest absolute Gasteiger partial charge is 0.434 e. The third-order valence-electron chi connectivity index (χ3n) is 3.23. The zero-order valence-electron chi connectivity index (χ0n) is 10.5. The average molecular weight is 274 g/mol. The highest BCUT2D eigenvalue weighted by molar-refractivity contribution is 5.36. The van der Waals surface area contributed by atoms with Crippen molar-refractivity contribution >= 4 is 0 Å². The number of halogens is 3. The molecular formula is C13H17F3N2O. The number of hydrogen-bond acceptors (Lipinski definition) is 3. The smallest absolute Gasteiger partial charge is 0.387 e. The summed E-state index contributed by atoms with van der Waals surface area (Å²) in [5, 5.41) is 3.18. The summed E-state index contributed by atoms with van der Waals surface area (Å²) >= 11 is 0. The van der Waals surface area contributed by atoms with Gasteiger partial charge in [0.2, 0.25) is 0 Å². The van der Waals surface area contributed by atoms with E-state index in [9.17, 15) is 13.2 Å². The molecule has 0 amide bonds. The Hall–Kier alpha value is -1.27. The Bertz CT molecular complexity index is 397. The van der Waals surface area contributed by atoms with Crippen molar-refractivity contribution in [2.45, 2.75) is 12.7 Å². The van der Waals surface area contributed by atoms with Crippen molar-refractivity contribution in [1.82, 2.24) is 10.2 Å². The number of benzene rings is 1. The van der Waals surface area contributed by atoms with Crippen molar-refractivity contribution in [1.29, 1.82) is 0 Å². The topological polar surface area (TPSA) is 24.5 Å². The van der Waals surface area contributed by atoms with Gasteiger partial charge >= 0.3 is 6.61 Å². The van der Waals surface area contributed by atoms with Crippen LogP contribution in [-0.4, -0.2) is 44.4 Å². The Balaban J connectivity index is 2.21. The molecule has 1 aliphatic heterocycles. The van der Waals surface area contributed by atoms with Crippen LogP contribution in [0.2, 0.25) is 0 Å². The number of piperazine rings is 1. The van der Waals surface area contributed by atoms with Gasteiger partial charge in [-0.3, -0.25) is 4.90 Å². The fraction of sp³-hybridized carbons (Fsp3) is 0.538. The molecule has 1 saturated heterocycles. The van der Waals surface area contributed by atoms with Gasteiger partial charge < -0.3 is 10.1 Å². The van der Waals surface area contributed by atoms with Crippen molar-refractivity contribution < 1.29 is 17.9 Å². The quantitative estimate of drug-likeness (QED) is 0.891. The molecule has 1 fully saturated rings. The first kappa shape index (κ1) is 14.1. The average Bonchev–Trinajstić information content (AvgIpc) is 2.42. The number of hydrogen-bond donors (Lipinski definition) is 1. The van der Waals surface area contributed by atoms with Gasteiger partial charge in [0.05, 0.1) is 6.04 Å². The molecule has 1 atom stereocenters. The third kappa shape index (κ3) is 3.61. The third-order valence-corrected chi connectivity index (χ3v) is 3.23. The predicted molar refractivity (Wildman–Crippen MR) is 66.2 cm³/mol. The maximum Gasteiger partial charge on any atom is 0.387 e. The molecule has 0 aromatic heterocycles. The molecule has 1 aromatic rings. The van der Waals surface area contributed by atoms with Crippen LogP contribution in [0.5, 0.6) is 5.75 Å². The monoisotopic (exact) mass is 274 g/mol. The van der Waals surface area contributed by atoms with Crippen LogP contribution >= 0.6 is 0 Å². The van der Waals surface area contributed by atoms with E-state index in [0.717, 1.165) is 13.1 Å². The molecular weight excluding hydrogens is 257 g/mol. The van der Waals surface area contributed by atoms with Gasteiger partial charge in [-0.25, -0.2) is 4.39 Å². The van der Waals surface area contributed by atoms with E-state index in [1.165, 1.54) is 6.07 Å². The lowest BCUT2D eigenvalue weighted by atomic mass is 10.0. The molecule has 106 valence electrons. The molecule has 3 nitrogen and oxygen atoms in total. The molecule has 0 unspecified atom stereocenters. The summed E-state index contributed by atoms with van der Waals surface area (Å²) < 4.78 is 42.6. The van der Waals surface area contributed by atoms with E-state index < -0.39 is 19.3 Å². The summed E-state index contributed by atoms with van der Waals surface area (Å²) in [6, 6.07) is 5.88. The molecule has 1 heterocycles. The van der Waals surface area contributed by atoms with Gasteiger partial charge in [-0.1, -0.05) is 18.2 Å². The summed E-state index contributed by atoms with van der Waals surface area (Å²) in [5.41, 5.74) is 0.479. The summed E-state index contributed by atoms with van der Waals surface area (Å²) in [5.74, 6) is 0.0543. The molecule has 1 aliphatic rings. The Labute approximate surface area is 110 Å². The first-order valence-corrected chi connectivity index (χ1v) is 6.27. The van der Waals surface area contributed by atoms with Gasteiger partial charge in [-0.15, -0.1) is 0 Å². The number of nitrogens with zero attached hydrogens (tertiary/aromatic N) is 1. The molecule has 6 heteroatoms. The van der Waals surface area contributed by atoms with Crippen LogP contribution in [-0.2, 0) is 0 Å². The van der Waals surface area contributed by atoms with Crippen molar-refractivity contribution in [3.05, 3.63) is 29.8 Å². The second kappa shape index (κ2) is 6.77. The van der Waals surface area contributed by atoms with E-state index in [1.54, 1.807) is 18.2 Å². The van der Waals surface area contributed by atoms with Gasteiger partial charge in [0.25, 0.3) is 0 Å². The maximum atomic E-state index is 13.3. The summed E-state index contributed by atoms with van der Waals surface area (Å²) in [6.07, 6.45) is 0. The van der Waals surface area contributed by atoms with Crippen LogP contribution in [0.15, 0.2) is 24.3 Å². The maximum absolute atomic E-state index is 13.3. The fourth-order valence-electron chi connectivity index (χ4n) is 2.33. The van der Waals surface area contributed by atoms with Gasteiger partial charge in [0.15, 0.2) is 0 Å². The minimum absolute atomic E-state index is 0.0543. The highest BCUT2D eigenvalue weighted by Crippen LogP contribution is 2.31.